The monoisotopic (exact) mass is 292 g/mol. The zero-order valence-corrected chi connectivity index (χ0v) is 12.1. The molecule has 4 heteroatoms. The van der Waals surface area contributed by atoms with Gasteiger partial charge in [0.2, 0.25) is 0 Å². The van der Waals surface area contributed by atoms with Crippen molar-refractivity contribution in [1.82, 2.24) is 10.1 Å². The summed E-state index contributed by atoms with van der Waals surface area (Å²) in [6, 6.07) is 18.5. The minimum atomic E-state index is 0.265. The zero-order valence-electron chi connectivity index (χ0n) is 12.1. The second-order valence-electron chi connectivity index (χ2n) is 5.46. The van der Waals surface area contributed by atoms with Crippen molar-refractivity contribution in [1.29, 1.82) is 0 Å². The summed E-state index contributed by atoms with van der Waals surface area (Å²) in [6.45, 7) is 1.46. The predicted octanol–water partition coefficient (Wildman–Crippen LogP) is 3.91. The molecule has 2 heterocycles. The first kappa shape index (κ1) is 13.2. The van der Waals surface area contributed by atoms with Crippen LogP contribution in [0.3, 0.4) is 0 Å². The lowest BCUT2D eigenvalue weighted by Gasteiger charge is -2.02. The van der Waals surface area contributed by atoms with Gasteiger partial charge in [0.05, 0.1) is 6.61 Å². The van der Waals surface area contributed by atoms with Gasteiger partial charge >= 0.3 is 0 Å². The first-order valence-corrected chi connectivity index (χ1v) is 7.47. The Morgan fingerprint density at radius 2 is 1.59 bits per heavy atom. The Morgan fingerprint density at radius 1 is 0.864 bits per heavy atom. The molecule has 22 heavy (non-hydrogen) atoms. The van der Waals surface area contributed by atoms with E-state index >= 15 is 0 Å². The van der Waals surface area contributed by atoms with E-state index in [0.717, 1.165) is 24.4 Å². The van der Waals surface area contributed by atoms with E-state index in [4.69, 9.17) is 9.26 Å². The maximum absolute atomic E-state index is 5.39. The molecule has 0 amide bonds. The van der Waals surface area contributed by atoms with Gasteiger partial charge in [-0.25, -0.2) is 0 Å². The molecular formula is C18H16N2O2. The van der Waals surface area contributed by atoms with Crippen molar-refractivity contribution in [3.05, 3.63) is 60.4 Å². The largest absolute Gasteiger partial charge is 0.381 e. The van der Waals surface area contributed by atoms with Gasteiger partial charge in [-0.2, -0.15) is 4.98 Å². The molecule has 0 spiro atoms. The molecule has 1 aliphatic rings. The van der Waals surface area contributed by atoms with Crippen LogP contribution in [0.2, 0.25) is 0 Å². The Morgan fingerprint density at radius 3 is 2.32 bits per heavy atom. The molecule has 0 saturated carbocycles. The van der Waals surface area contributed by atoms with Crippen LogP contribution in [0.5, 0.6) is 0 Å². The molecule has 1 atom stereocenters. The Hall–Kier alpha value is -2.46. The normalized spacial score (nSPS) is 17.7. The van der Waals surface area contributed by atoms with Crippen molar-refractivity contribution in [2.45, 2.75) is 12.3 Å². The van der Waals surface area contributed by atoms with Gasteiger partial charge in [0, 0.05) is 18.1 Å². The van der Waals surface area contributed by atoms with E-state index < -0.39 is 0 Å². The Kier molecular flexibility index (Phi) is 3.45. The molecule has 2 aromatic carbocycles. The fourth-order valence-corrected chi connectivity index (χ4v) is 2.69. The van der Waals surface area contributed by atoms with E-state index in [-0.39, 0.29) is 5.92 Å². The lowest BCUT2D eigenvalue weighted by atomic mass is 10.0. The SMILES string of the molecule is c1ccc(-c2ccc(-c3nc([C@@H]4CCOC4)no3)cc2)cc1. The third kappa shape index (κ3) is 2.53. The molecular weight excluding hydrogens is 276 g/mol. The fourth-order valence-electron chi connectivity index (χ4n) is 2.69. The van der Waals surface area contributed by atoms with E-state index in [1.54, 1.807) is 0 Å². The smallest absolute Gasteiger partial charge is 0.257 e. The van der Waals surface area contributed by atoms with Crippen molar-refractivity contribution in [2.75, 3.05) is 13.2 Å². The number of hydrogen-bond donors (Lipinski definition) is 0. The fraction of sp³-hybridized carbons (Fsp3) is 0.222. The maximum Gasteiger partial charge on any atom is 0.257 e. The van der Waals surface area contributed by atoms with Gasteiger partial charge in [0.1, 0.15) is 0 Å². The summed E-state index contributed by atoms with van der Waals surface area (Å²) in [5, 5.41) is 4.09. The van der Waals surface area contributed by atoms with Gasteiger partial charge in [-0.15, -0.1) is 0 Å². The van der Waals surface area contributed by atoms with Crippen LogP contribution in [0, 0.1) is 0 Å². The van der Waals surface area contributed by atoms with Crippen molar-refractivity contribution in [3.8, 4) is 22.6 Å². The molecule has 4 rings (SSSR count). The summed E-state index contributed by atoms with van der Waals surface area (Å²) >= 11 is 0. The average molecular weight is 292 g/mol. The predicted molar refractivity (Wildman–Crippen MR) is 83.3 cm³/mol. The topological polar surface area (TPSA) is 48.2 Å². The number of aromatic nitrogens is 2. The van der Waals surface area contributed by atoms with E-state index in [9.17, 15) is 0 Å². The number of rotatable bonds is 3. The molecule has 0 bridgehead atoms. The van der Waals surface area contributed by atoms with Crippen molar-refractivity contribution >= 4 is 0 Å². The van der Waals surface area contributed by atoms with Gasteiger partial charge < -0.3 is 9.26 Å². The summed E-state index contributed by atoms with van der Waals surface area (Å²) in [5.41, 5.74) is 3.31. The van der Waals surface area contributed by atoms with Crippen LogP contribution in [-0.4, -0.2) is 23.4 Å². The molecule has 0 aliphatic carbocycles. The standard InChI is InChI=1S/C18H16N2O2/c1-2-4-13(5-3-1)14-6-8-15(9-7-14)18-19-17(20-22-18)16-10-11-21-12-16/h1-9,16H,10-12H2/t16-/m1/s1. The third-order valence-corrected chi connectivity index (χ3v) is 3.98. The quantitative estimate of drug-likeness (QED) is 0.734. The second-order valence-corrected chi connectivity index (χ2v) is 5.46. The van der Waals surface area contributed by atoms with E-state index in [0.29, 0.717) is 12.5 Å². The van der Waals surface area contributed by atoms with Crippen LogP contribution < -0.4 is 0 Å². The molecule has 1 aliphatic heterocycles. The van der Waals surface area contributed by atoms with Gasteiger partial charge in [-0.05, 0) is 29.7 Å². The summed E-state index contributed by atoms with van der Waals surface area (Å²) < 4.78 is 10.8. The highest BCUT2D eigenvalue weighted by Crippen LogP contribution is 2.27. The summed E-state index contributed by atoms with van der Waals surface area (Å²) in [7, 11) is 0. The van der Waals surface area contributed by atoms with Crippen LogP contribution in [0.25, 0.3) is 22.6 Å². The molecule has 4 nitrogen and oxygen atoms in total. The van der Waals surface area contributed by atoms with Crippen LogP contribution in [-0.2, 0) is 4.74 Å². The third-order valence-electron chi connectivity index (χ3n) is 3.98. The number of benzene rings is 2. The average Bonchev–Trinajstić information content (AvgIpc) is 3.27. The van der Waals surface area contributed by atoms with Crippen molar-refractivity contribution in [2.24, 2.45) is 0 Å². The van der Waals surface area contributed by atoms with Gasteiger partial charge in [0.25, 0.3) is 5.89 Å². The van der Waals surface area contributed by atoms with Crippen LogP contribution in [0.1, 0.15) is 18.2 Å². The molecule has 1 aromatic heterocycles. The Labute approximate surface area is 128 Å². The Balaban J connectivity index is 1.58. The Bertz CT molecular complexity index is 744. The minimum Gasteiger partial charge on any atom is -0.381 e. The molecule has 1 fully saturated rings. The summed E-state index contributed by atoms with van der Waals surface area (Å²) in [4.78, 5) is 4.51. The summed E-state index contributed by atoms with van der Waals surface area (Å²) in [5.74, 6) is 1.59. The van der Waals surface area contributed by atoms with Crippen LogP contribution in [0.15, 0.2) is 59.1 Å². The van der Waals surface area contributed by atoms with Crippen LogP contribution >= 0.6 is 0 Å². The molecule has 0 N–H and O–H groups in total. The molecule has 1 saturated heterocycles. The highest BCUT2D eigenvalue weighted by atomic mass is 16.5. The van der Waals surface area contributed by atoms with E-state index in [1.807, 2.05) is 30.3 Å². The second kappa shape index (κ2) is 5.73. The molecule has 0 unspecified atom stereocenters. The van der Waals surface area contributed by atoms with E-state index in [2.05, 4.69) is 34.4 Å². The van der Waals surface area contributed by atoms with Gasteiger partial charge in [0.15, 0.2) is 5.82 Å². The zero-order chi connectivity index (χ0) is 14.8. The van der Waals surface area contributed by atoms with Gasteiger partial charge in [-0.3, -0.25) is 0 Å². The van der Waals surface area contributed by atoms with Crippen molar-refractivity contribution < 1.29 is 9.26 Å². The van der Waals surface area contributed by atoms with E-state index in [1.165, 1.54) is 11.1 Å². The summed E-state index contributed by atoms with van der Waals surface area (Å²) in [6.07, 6.45) is 0.964. The highest BCUT2D eigenvalue weighted by molar-refractivity contribution is 5.67. The number of nitrogens with zero attached hydrogens (tertiary/aromatic N) is 2. The lowest BCUT2D eigenvalue weighted by Crippen LogP contribution is -1.99. The number of hydrogen-bond acceptors (Lipinski definition) is 4. The number of ether oxygens (including phenoxy) is 1. The minimum absolute atomic E-state index is 0.265. The van der Waals surface area contributed by atoms with Crippen molar-refractivity contribution in [3.63, 3.8) is 0 Å². The molecule has 0 radical (unpaired) electrons. The maximum atomic E-state index is 5.39. The lowest BCUT2D eigenvalue weighted by molar-refractivity contribution is 0.192. The molecule has 110 valence electrons. The van der Waals surface area contributed by atoms with Crippen LogP contribution in [0.4, 0.5) is 0 Å². The molecule has 3 aromatic rings. The van der Waals surface area contributed by atoms with Gasteiger partial charge in [-0.1, -0.05) is 47.6 Å². The first-order valence-electron chi connectivity index (χ1n) is 7.47. The highest BCUT2D eigenvalue weighted by Gasteiger charge is 2.23. The first-order chi connectivity index (χ1) is 10.9.